The molecular formula is C20H34O6. The molecule has 0 spiro atoms. The van der Waals surface area contributed by atoms with Crippen LogP contribution in [-0.2, 0) is 28.7 Å². The van der Waals surface area contributed by atoms with Crippen molar-refractivity contribution in [1.82, 2.24) is 0 Å². The fourth-order valence-corrected chi connectivity index (χ4v) is 2.89. The molecule has 150 valence electrons. The van der Waals surface area contributed by atoms with Gasteiger partial charge in [-0.2, -0.15) is 0 Å². The van der Waals surface area contributed by atoms with Crippen molar-refractivity contribution in [1.29, 1.82) is 0 Å². The summed E-state index contributed by atoms with van der Waals surface area (Å²) >= 11 is 0. The van der Waals surface area contributed by atoms with Crippen LogP contribution in [0.15, 0.2) is 0 Å². The molecule has 6 nitrogen and oxygen atoms in total. The van der Waals surface area contributed by atoms with E-state index in [1.807, 2.05) is 0 Å². The van der Waals surface area contributed by atoms with Crippen molar-refractivity contribution in [3.05, 3.63) is 0 Å². The van der Waals surface area contributed by atoms with Crippen molar-refractivity contribution in [2.45, 2.75) is 103 Å². The van der Waals surface area contributed by atoms with E-state index in [0.717, 1.165) is 38.5 Å². The van der Waals surface area contributed by atoms with E-state index < -0.39 is 11.9 Å². The minimum Gasteiger partial charge on any atom is -0.395 e. The lowest BCUT2D eigenvalue weighted by molar-refractivity contribution is -0.153. The topological polar surface area (TPSA) is 86.7 Å². The Bertz CT molecular complexity index is 344. The van der Waals surface area contributed by atoms with Crippen LogP contribution in [0.1, 0.15) is 103 Å². The summed E-state index contributed by atoms with van der Waals surface area (Å²) in [6, 6.07) is 0. The number of unbranched alkanes of at least 4 members (excludes halogenated alkanes) is 13. The second-order valence-corrected chi connectivity index (χ2v) is 6.62. The van der Waals surface area contributed by atoms with Crippen molar-refractivity contribution < 1.29 is 28.7 Å². The first-order valence-corrected chi connectivity index (χ1v) is 9.97. The first-order chi connectivity index (χ1) is 12.7. The van der Waals surface area contributed by atoms with Crippen LogP contribution < -0.4 is 0 Å². The van der Waals surface area contributed by atoms with E-state index in [-0.39, 0.29) is 12.9 Å². The lowest BCUT2D eigenvalue weighted by Gasteiger charge is -2.03. The van der Waals surface area contributed by atoms with E-state index in [1.54, 1.807) is 0 Å². The molecule has 0 aromatic carbocycles. The Balaban J connectivity index is 3.11. The molecule has 0 heterocycles. The van der Waals surface area contributed by atoms with E-state index in [9.17, 15) is 19.2 Å². The molecule has 0 rings (SSSR count). The van der Waals surface area contributed by atoms with Gasteiger partial charge in [0.2, 0.25) is 0 Å². The van der Waals surface area contributed by atoms with Crippen molar-refractivity contribution in [3.8, 4) is 0 Å². The van der Waals surface area contributed by atoms with E-state index in [1.165, 1.54) is 51.4 Å². The lowest BCUT2D eigenvalue weighted by atomic mass is 10.0. The summed E-state index contributed by atoms with van der Waals surface area (Å²) in [7, 11) is 0. The van der Waals surface area contributed by atoms with Gasteiger partial charge in [-0.05, 0) is 12.8 Å². The molecule has 0 radical (unpaired) electrons. The SMILES string of the molecule is O=COC(=O)CCCCCCCCCCCCCCCCC(=O)OC=O. The molecule has 0 unspecified atom stereocenters. The number of rotatable bonds is 19. The fourth-order valence-electron chi connectivity index (χ4n) is 2.89. The zero-order chi connectivity index (χ0) is 19.3. The Morgan fingerprint density at radius 2 is 0.692 bits per heavy atom. The van der Waals surface area contributed by atoms with Gasteiger partial charge in [-0.25, -0.2) is 0 Å². The highest BCUT2D eigenvalue weighted by molar-refractivity contribution is 5.76. The van der Waals surface area contributed by atoms with Crippen LogP contribution >= 0.6 is 0 Å². The monoisotopic (exact) mass is 370 g/mol. The van der Waals surface area contributed by atoms with Gasteiger partial charge in [0.05, 0.1) is 0 Å². The quantitative estimate of drug-likeness (QED) is 0.143. The Morgan fingerprint density at radius 1 is 0.462 bits per heavy atom. The normalized spacial score (nSPS) is 10.3. The number of carbonyl (C=O) groups is 4. The van der Waals surface area contributed by atoms with Gasteiger partial charge in [0.15, 0.2) is 0 Å². The minimum absolute atomic E-state index is 0.192. The fraction of sp³-hybridized carbons (Fsp3) is 0.800. The van der Waals surface area contributed by atoms with Gasteiger partial charge in [0, 0.05) is 12.8 Å². The highest BCUT2D eigenvalue weighted by Gasteiger charge is 2.02. The van der Waals surface area contributed by atoms with Crippen LogP contribution in [0.3, 0.4) is 0 Å². The summed E-state index contributed by atoms with van der Waals surface area (Å²) in [4.78, 5) is 41.8. The molecule has 0 N–H and O–H groups in total. The molecule has 0 saturated heterocycles. The lowest BCUT2D eigenvalue weighted by Crippen LogP contribution is -2.01. The predicted molar refractivity (Wildman–Crippen MR) is 98.2 cm³/mol. The molecule has 0 saturated carbocycles. The minimum atomic E-state index is -0.430. The molecule has 0 amide bonds. The number of hydrogen-bond donors (Lipinski definition) is 0. The summed E-state index contributed by atoms with van der Waals surface area (Å²) < 4.78 is 8.46. The summed E-state index contributed by atoms with van der Waals surface area (Å²) in [5.41, 5.74) is 0. The first kappa shape index (κ1) is 24.3. The highest BCUT2D eigenvalue weighted by Crippen LogP contribution is 2.13. The molecule has 0 atom stereocenters. The third kappa shape index (κ3) is 18.6. The van der Waals surface area contributed by atoms with Gasteiger partial charge < -0.3 is 9.47 Å². The highest BCUT2D eigenvalue weighted by atomic mass is 16.6. The third-order valence-electron chi connectivity index (χ3n) is 4.37. The van der Waals surface area contributed by atoms with Crippen LogP contribution in [-0.4, -0.2) is 24.9 Å². The largest absolute Gasteiger partial charge is 0.395 e. The van der Waals surface area contributed by atoms with E-state index in [0.29, 0.717) is 12.8 Å². The van der Waals surface area contributed by atoms with Crippen LogP contribution in [0.2, 0.25) is 0 Å². The molecule has 0 aromatic rings. The molecule has 0 aliphatic heterocycles. The smallest absolute Gasteiger partial charge is 0.313 e. The molecule has 0 aliphatic carbocycles. The predicted octanol–water partition coefficient (Wildman–Crippen LogP) is 4.63. The van der Waals surface area contributed by atoms with Gasteiger partial charge in [0.25, 0.3) is 0 Å². The Hall–Kier alpha value is -1.72. The average Bonchev–Trinajstić information content (AvgIpc) is 2.61. The average molecular weight is 370 g/mol. The maximum atomic E-state index is 10.9. The Kier molecular flexibility index (Phi) is 18.3. The third-order valence-corrected chi connectivity index (χ3v) is 4.37. The van der Waals surface area contributed by atoms with Crippen molar-refractivity contribution in [2.75, 3.05) is 0 Å². The Morgan fingerprint density at radius 3 is 0.923 bits per heavy atom. The van der Waals surface area contributed by atoms with Crippen LogP contribution in [0.25, 0.3) is 0 Å². The van der Waals surface area contributed by atoms with Crippen LogP contribution in [0, 0.1) is 0 Å². The van der Waals surface area contributed by atoms with E-state index >= 15 is 0 Å². The van der Waals surface area contributed by atoms with Gasteiger partial charge >= 0.3 is 24.9 Å². The van der Waals surface area contributed by atoms with Gasteiger partial charge in [0.1, 0.15) is 0 Å². The van der Waals surface area contributed by atoms with Crippen LogP contribution in [0.4, 0.5) is 0 Å². The maximum Gasteiger partial charge on any atom is 0.313 e. The molecule has 0 bridgehead atoms. The molecule has 0 fully saturated rings. The molecule has 0 aliphatic rings. The number of hydrogen-bond acceptors (Lipinski definition) is 6. The number of ether oxygens (including phenoxy) is 2. The van der Waals surface area contributed by atoms with E-state index in [2.05, 4.69) is 9.47 Å². The molecule has 26 heavy (non-hydrogen) atoms. The number of esters is 2. The molecule has 6 heteroatoms. The first-order valence-electron chi connectivity index (χ1n) is 9.97. The second-order valence-electron chi connectivity index (χ2n) is 6.62. The van der Waals surface area contributed by atoms with Gasteiger partial charge in [-0.3, -0.25) is 19.2 Å². The van der Waals surface area contributed by atoms with Gasteiger partial charge in [-0.15, -0.1) is 0 Å². The standard InChI is InChI=1S/C20H34O6/c21-17-25-19(23)15-13-11-9-7-5-3-1-2-4-6-8-10-12-14-16-20(24)26-18-22/h17-18H,1-16H2. The zero-order valence-electron chi connectivity index (χ0n) is 15.9. The van der Waals surface area contributed by atoms with Crippen molar-refractivity contribution in [2.24, 2.45) is 0 Å². The Labute approximate surface area is 157 Å². The van der Waals surface area contributed by atoms with Crippen molar-refractivity contribution in [3.63, 3.8) is 0 Å². The second kappa shape index (κ2) is 19.6. The van der Waals surface area contributed by atoms with Gasteiger partial charge in [-0.1, -0.05) is 77.0 Å². The van der Waals surface area contributed by atoms with E-state index in [4.69, 9.17) is 0 Å². The molecular weight excluding hydrogens is 336 g/mol. The summed E-state index contributed by atoms with van der Waals surface area (Å²) in [6.45, 7) is 0.385. The number of carbonyl (C=O) groups excluding carboxylic acids is 4. The van der Waals surface area contributed by atoms with Crippen LogP contribution in [0.5, 0.6) is 0 Å². The summed E-state index contributed by atoms with van der Waals surface area (Å²) in [6.07, 6.45) is 16.6. The summed E-state index contributed by atoms with van der Waals surface area (Å²) in [5.74, 6) is -0.860. The molecule has 0 aromatic heterocycles. The van der Waals surface area contributed by atoms with Crippen molar-refractivity contribution >= 4 is 24.9 Å². The zero-order valence-corrected chi connectivity index (χ0v) is 15.9. The summed E-state index contributed by atoms with van der Waals surface area (Å²) in [5, 5.41) is 0. The maximum absolute atomic E-state index is 10.9.